The summed E-state index contributed by atoms with van der Waals surface area (Å²) < 4.78 is 0. The molecule has 0 heterocycles. The molecule has 0 bridgehead atoms. The lowest BCUT2D eigenvalue weighted by molar-refractivity contribution is 0.246. The van der Waals surface area contributed by atoms with Gasteiger partial charge in [-0.2, -0.15) is 0 Å². The summed E-state index contributed by atoms with van der Waals surface area (Å²) >= 11 is 0. The van der Waals surface area contributed by atoms with E-state index in [0.717, 1.165) is 5.92 Å². The van der Waals surface area contributed by atoms with Crippen LogP contribution >= 0.6 is 0 Å². The molecule has 1 nitrogen and oxygen atoms in total. The van der Waals surface area contributed by atoms with Gasteiger partial charge < -0.3 is 4.90 Å². The van der Waals surface area contributed by atoms with Crippen molar-refractivity contribution in [2.24, 2.45) is 5.92 Å². The fourth-order valence-electron chi connectivity index (χ4n) is 6.19. The van der Waals surface area contributed by atoms with Gasteiger partial charge in [0.05, 0.1) is 0 Å². The Labute approximate surface area is 256 Å². The Morgan fingerprint density at radius 3 is 0.750 bits per heavy atom. The van der Waals surface area contributed by atoms with Gasteiger partial charge in [0.1, 0.15) is 0 Å². The molecule has 0 N–H and O–H groups in total. The van der Waals surface area contributed by atoms with E-state index >= 15 is 0 Å². The maximum atomic E-state index is 2.81. The molecule has 0 aromatic carbocycles. The lowest BCUT2D eigenvalue weighted by Crippen LogP contribution is -2.28. The molecule has 0 aliphatic carbocycles. The lowest BCUT2D eigenvalue weighted by Gasteiger charge is -2.23. The van der Waals surface area contributed by atoms with Crippen LogP contribution in [0.15, 0.2) is 0 Å². The Balaban J connectivity index is 3.55. The third-order valence-electron chi connectivity index (χ3n) is 9.18. The standard InChI is InChI=1S/C39H81N/c1-5-7-9-11-13-15-17-19-21-23-25-27-29-31-33-36-40(38-35-39(3)4)37-34-32-30-28-26-24-22-20-18-16-14-12-10-8-6-2/h39H,5-38H2,1-4H3. The molecule has 0 atom stereocenters. The summed E-state index contributed by atoms with van der Waals surface area (Å²) in [5, 5.41) is 0. The highest BCUT2D eigenvalue weighted by Crippen LogP contribution is 2.16. The first kappa shape index (κ1) is 40.0. The topological polar surface area (TPSA) is 3.24 Å². The van der Waals surface area contributed by atoms with Crippen LogP contribution in [0.4, 0.5) is 0 Å². The van der Waals surface area contributed by atoms with Crippen molar-refractivity contribution in [3.63, 3.8) is 0 Å². The van der Waals surface area contributed by atoms with Crippen LogP contribution in [0.3, 0.4) is 0 Å². The fraction of sp³-hybridized carbons (Fsp3) is 1.00. The third kappa shape index (κ3) is 34.2. The Kier molecular flexibility index (Phi) is 35.1. The molecule has 0 saturated carbocycles. The molecule has 0 radical (unpaired) electrons. The second-order valence-corrected chi connectivity index (χ2v) is 13.9. The molecular weight excluding hydrogens is 482 g/mol. The molecule has 1 heteroatoms. The van der Waals surface area contributed by atoms with Gasteiger partial charge >= 0.3 is 0 Å². The van der Waals surface area contributed by atoms with Crippen molar-refractivity contribution in [3.8, 4) is 0 Å². The molecule has 0 amide bonds. The largest absolute Gasteiger partial charge is 0.303 e. The molecule has 0 spiro atoms. The van der Waals surface area contributed by atoms with Gasteiger partial charge in [0.2, 0.25) is 0 Å². The van der Waals surface area contributed by atoms with E-state index in [-0.39, 0.29) is 0 Å². The van der Waals surface area contributed by atoms with E-state index in [1.165, 1.54) is 219 Å². The van der Waals surface area contributed by atoms with E-state index in [2.05, 4.69) is 32.6 Å². The quantitative estimate of drug-likeness (QED) is 0.0693. The summed E-state index contributed by atoms with van der Waals surface area (Å²) in [6.07, 6.45) is 45.3. The Hall–Kier alpha value is -0.0400. The van der Waals surface area contributed by atoms with Gasteiger partial charge in [0.25, 0.3) is 0 Å². The van der Waals surface area contributed by atoms with Gasteiger partial charge in [-0.1, -0.05) is 207 Å². The van der Waals surface area contributed by atoms with E-state index in [1.54, 1.807) is 0 Å². The fourth-order valence-corrected chi connectivity index (χ4v) is 6.19. The van der Waals surface area contributed by atoms with E-state index in [0.29, 0.717) is 0 Å². The molecule has 0 aromatic heterocycles. The molecule has 242 valence electrons. The SMILES string of the molecule is CCCCCCCCCCCCCCCCCN(CCCCCCCCCCCCCCCCC)CCC(C)C. The first-order valence-corrected chi connectivity index (χ1v) is 19.4. The van der Waals surface area contributed by atoms with Gasteiger partial charge in [-0.3, -0.25) is 0 Å². The van der Waals surface area contributed by atoms with Gasteiger partial charge in [0.15, 0.2) is 0 Å². The van der Waals surface area contributed by atoms with Crippen molar-refractivity contribution < 1.29 is 0 Å². The first-order valence-electron chi connectivity index (χ1n) is 19.4. The predicted molar refractivity (Wildman–Crippen MR) is 186 cm³/mol. The van der Waals surface area contributed by atoms with Crippen molar-refractivity contribution in [1.29, 1.82) is 0 Å². The van der Waals surface area contributed by atoms with Gasteiger partial charge in [0, 0.05) is 0 Å². The zero-order valence-electron chi connectivity index (χ0n) is 29.1. The summed E-state index contributed by atoms with van der Waals surface area (Å²) in [6, 6.07) is 0. The summed E-state index contributed by atoms with van der Waals surface area (Å²) in [5.74, 6) is 0.838. The maximum Gasteiger partial charge on any atom is -0.00163 e. The molecule has 40 heavy (non-hydrogen) atoms. The van der Waals surface area contributed by atoms with E-state index in [4.69, 9.17) is 0 Å². The molecule has 0 aliphatic rings. The Bertz CT molecular complexity index is 397. The molecule has 0 rings (SSSR count). The second kappa shape index (κ2) is 35.2. The maximum absolute atomic E-state index is 2.81. The highest BCUT2D eigenvalue weighted by Gasteiger charge is 2.06. The molecular formula is C39H81N. The van der Waals surface area contributed by atoms with Gasteiger partial charge in [-0.05, 0) is 44.8 Å². The predicted octanol–water partition coefficient (Wildman–Crippen LogP) is 14.1. The van der Waals surface area contributed by atoms with Gasteiger partial charge in [-0.15, -0.1) is 0 Å². The van der Waals surface area contributed by atoms with Crippen LogP contribution in [0.1, 0.15) is 227 Å². The number of hydrogen-bond acceptors (Lipinski definition) is 1. The van der Waals surface area contributed by atoms with Crippen molar-refractivity contribution in [2.75, 3.05) is 19.6 Å². The molecule has 0 aliphatic heterocycles. The third-order valence-corrected chi connectivity index (χ3v) is 9.18. The normalized spacial score (nSPS) is 11.8. The van der Waals surface area contributed by atoms with Crippen LogP contribution in [-0.2, 0) is 0 Å². The van der Waals surface area contributed by atoms with Crippen LogP contribution in [0.25, 0.3) is 0 Å². The minimum absolute atomic E-state index is 0.838. The molecule has 0 fully saturated rings. The Morgan fingerprint density at radius 2 is 0.525 bits per heavy atom. The minimum Gasteiger partial charge on any atom is -0.303 e. The zero-order chi connectivity index (χ0) is 29.2. The summed E-state index contributed by atoms with van der Waals surface area (Å²) in [4.78, 5) is 2.81. The van der Waals surface area contributed by atoms with Crippen LogP contribution in [0.2, 0.25) is 0 Å². The molecule has 0 saturated heterocycles. The summed E-state index contributed by atoms with van der Waals surface area (Å²) in [6.45, 7) is 13.4. The number of nitrogens with zero attached hydrogens (tertiary/aromatic N) is 1. The van der Waals surface area contributed by atoms with E-state index in [1.807, 2.05) is 0 Å². The zero-order valence-corrected chi connectivity index (χ0v) is 29.1. The van der Waals surface area contributed by atoms with Crippen molar-refractivity contribution in [2.45, 2.75) is 227 Å². The number of unbranched alkanes of at least 4 members (excludes halogenated alkanes) is 28. The highest BCUT2D eigenvalue weighted by atomic mass is 15.1. The van der Waals surface area contributed by atoms with Crippen LogP contribution in [-0.4, -0.2) is 24.5 Å². The van der Waals surface area contributed by atoms with Crippen LogP contribution < -0.4 is 0 Å². The highest BCUT2D eigenvalue weighted by molar-refractivity contribution is 4.61. The average Bonchev–Trinajstić information content (AvgIpc) is 2.95. The molecule has 0 unspecified atom stereocenters. The first-order chi connectivity index (χ1) is 19.7. The van der Waals surface area contributed by atoms with Crippen molar-refractivity contribution in [3.05, 3.63) is 0 Å². The smallest absolute Gasteiger partial charge is 0.00163 e. The van der Waals surface area contributed by atoms with Crippen LogP contribution in [0.5, 0.6) is 0 Å². The minimum atomic E-state index is 0.838. The number of rotatable bonds is 35. The monoisotopic (exact) mass is 564 g/mol. The van der Waals surface area contributed by atoms with Crippen molar-refractivity contribution >= 4 is 0 Å². The second-order valence-electron chi connectivity index (χ2n) is 13.9. The lowest BCUT2D eigenvalue weighted by atomic mass is 10.0. The Morgan fingerprint density at radius 1 is 0.300 bits per heavy atom. The van der Waals surface area contributed by atoms with Crippen LogP contribution in [0, 0.1) is 5.92 Å². The van der Waals surface area contributed by atoms with E-state index < -0.39 is 0 Å². The summed E-state index contributed by atoms with van der Waals surface area (Å²) in [7, 11) is 0. The number of hydrogen-bond donors (Lipinski definition) is 0. The average molecular weight is 564 g/mol. The molecule has 0 aromatic rings. The van der Waals surface area contributed by atoms with E-state index in [9.17, 15) is 0 Å². The van der Waals surface area contributed by atoms with Gasteiger partial charge in [-0.25, -0.2) is 0 Å². The van der Waals surface area contributed by atoms with Crippen molar-refractivity contribution in [1.82, 2.24) is 4.90 Å². The summed E-state index contributed by atoms with van der Waals surface area (Å²) in [5.41, 5.74) is 0.